The summed E-state index contributed by atoms with van der Waals surface area (Å²) >= 11 is 0. The molecule has 50 heavy (non-hydrogen) atoms. The SMILES string of the molecule is C1=C(c2cc(-n3c4ccccc4c4ccccc43)cc(-n3c4ccccc4c4ccccc43)c2)C=C(c2ccccc2)NC1c1ccccc1. The second kappa shape index (κ2) is 11.5. The molecule has 9 aromatic rings. The maximum Gasteiger partial charge on any atom is 0.0707 e. The van der Waals surface area contributed by atoms with Crippen molar-refractivity contribution >= 4 is 54.9 Å². The summed E-state index contributed by atoms with van der Waals surface area (Å²) < 4.78 is 4.87. The summed E-state index contributed by atoms with van der Waals surface area (Å²) in [5.41, 5.74) is 12.9. The molecule has 0 amide bonds. The third-order valence-corrected chi connectivity index (χ3v) is 10.1. The van der Waals surface area contributed by atoms with Crippen molar-refractivity contribution in [3.8, 4) is 11.4 Å². The lowest BCUT2D eigenvalue weighted by Gasteiger charge is -2.26. The molecule has 1 aliphatic heterocycles. The highest BCUT2D eigenvalue weighted by Gasteiger charge is 2.21. The fourth-order valence-electron chi connectivity index (χ4n) is 7.86. The molecule has 10 rings (SSSR count). The van der Waals surface area contributed by atoms with Crippen LogP contribution >= 0.6 is 0 Å². The van der Waals surface area contributed by atoms with Crippen molar-refractivity contribution in [3.05, 3.63) is 205 Å². The number of hydrogen-bond acceptors (Lipinski definition) is 1. The average Bonchev–Trinajstić information content (AvgIpc) is 3.71. The minimum atomic E-state index is 0.0139. The monoisotopic (exact) mass is 639 g/mol. The van der Waals surface area contributed by atoms with Gasteiger partial charge in [-0.2, -0.15) is 0 Å². The third kappa shape index (κ3) is 4.59. The number of benzene rings is 7. The van der Waals surface area contributed by atoms with E-state index in [4.69, 9.17) is 0 Å². The topological polar surface area (TPSA) is 21.9 Å². The van der Waals surface area contributed by atoms with Crippen molar-refractivity contribution in [1.29, 1.82) is 0 Å². The molecule has 236 valence electrons. The fourth-order valence-corrected chi connectivity index (χ4v) is 7.86. The molecule has 3 heteroatoms. The molecule has 1 aliphatic rings. The van der Waals surface area contributed by atoms with E-state index >= 15 is 0 Å². The second-order valence-electron chi connectivity index (χ2n) is 13.1. The molecule has 7 aromatic carbocycles. The van der Waals surface area contributed by atoms with Gasteiger partial charge in [-0.05, 0) is 76.9 Å². The number of aromatic nitrogens is 2. The van der Waals surface area contributed by atoms with Gasteiger partial charge in [0.05, 0.1) is 28.1 Å². The van der Waals surface area contributed by atoms with E-state index in [1.165, 1.54) is 60.3 Å². The van der Waals surface area contributed by atoms with Gasteiger partial charge in [-0.3, -0.25) is 0 Å². The molecule has 1 atom stereocenters. The molecule has 3 nitrogen and oxygen atoms in total. The molecule has 0 bridgehead atoms. The van der Waals surface area contributed by atoms with E-state index in [0.29, 0.717) is 0 Å². The first-order chi connectivity index (χ1) is 24.8. The average molecular weight is 640 g/mol. The van der Waals surface area contributed by atoms with E-state index in [9.17, 15) is 0 Å². The lowest BCUT2D eigenvalue weighted by atomic mass is 9.93. The highest BCUT2D eigenvalue weighted by atomic mass is 15.0. The van der Waals surface area contributed by atoms with Crippen molar-refractivity contribution in [3.63, 3.8) is 0 Å². The van der Waals surface area contributed by atoms with Gasteiger partial charge in [0.25, 0.3) is 0 Å². The quantitative estimate of drug-likeness (QED) is 0.199. The van der Waals surface area contributed by atoms with Gasteiger partial charge in [-0.25, -0.2) is 0 Å². The largest absolute Gasteiger partial charge is 0.374 e. The number of rotatable bonds is 5. The second-order valence-corrected chi connectivity index (χ2v) is 13.1. The summed E-state index contributed by atoms with van der Waals surface area (Å²) in [4.78, 5) is 0. The van der Waals surface area contributed by atoms with Gasteiger partial charge in [0.1, 0.15) is 0 Å². The smallest absolute Gasteiger partial charge is 0.0707 e. The van der Waals surface area contributed by atoms with Crippen LogP contribution in [0.5, 0.6) is 0 Å². The number of allylic oxidation sites excluding steroid dienone is 2. The normalized spacial score (nSPS) is 14.6. The van der Waals surface area contributed by atoms with Crippen LogP contribution in [0.4, 0.5) is 0 Å². The maximum atomic E-state index is 3.84. The Kier molecular flexibility index (Phi) is 6.56. The van der Waals surface area contributed by atoms with Crippen LogP contribution < -0.4 is 5.32 Å². The Bertz CT molecular complexity index is 2540. The van der Waals surface area contributed by atoms with Crippen LogP contribution in [0.25, 0.3) is 66.3 Å². The molecule has 0 fully saturated rings. The Morgan fingerprint density at radius 2 is 0.820 bits per heavy atom. The first-order valence-corrected chi connectivity index (χ1v) is 17.2. The van der Waals surface area contributed by atoms with Crippen LogP contribution in [0.2, 0.25) is 0 Å². The summed E-state index contributed by atoms with van der Waals surface area (Å²) in [7, 11) is 0. The zero-order valence-electron chi connectivity index (χ0n) is 27.4. The summed E-state index contributed by atoms with van der Waals surface area (Å²) in [5, 5.41) is 8.85. The van der Waals surface area contributed by atoms with Crippen molar-refractivity contribution in [1.82, 2.24) is 14.5 Å². The predicted molar refractivity (Wildman–Crippen MR) is 210 cm³/mol. The molecule has 1 unspecified atom stereocenters. The van der Waals surface area contributed by atoms with Gasteiger partial charge in [0, 0.05) is 38.6 Å². The molecule has 0 radical (unpaired) electrons. The van der Waals surface area contributed by atoms with Crippen LogP contribution in [0.1, 0.15) is 22.7 Å². The summed E-state index contributed by atoms with van der Waals surface area (Å²) in [5.74, 6) is 0. The Morgan fingerprint density at radius 3 is 1.30 bits per heavy atom. The van der Waals surface area contributed by atoms with Crippen molar-refractivity contribution in [2.75, 3.05) is 0 Å². The van der Waals surface area contributed by atoms with Crippen LogP contribution in [0.15, 0.2) is 188 Å². The van der Waals surface area contributed by atoms with Gasteiger partial charge in [0.15, 0.2) is 0 Å². The fraction of sp³-hybridized carbons (Fsp3) is 0.0213. The van der Waals surface area contributed by atoms with Crippen molar-refractivity contribution in [2.45, 2.75) is 6.04 Å². The van der Waals surface area contributed by atoms with E-state index in [1.807, 2.05) is 0 Å². The molecule has 2 aromatic heterocycles. The predicted octanol–water partition coefficient (Wildman–Crippen LogP) is 11.6. The molecule has 0 saturated carbocycles. The summed E-state index contributed by atoms with van der Waals surface area (Å²) in [6, 6.07) is 63.5. The zero-order chi connectivity index (χ0) is 33.0. The molecule has 0 spiro atoms. The highest BCUT2D eigenvalue weighted by Crippen LogP contribution is 2.39. The van der Waals surface area contributed by atoms with E-state index in [0.717, 1.165) is 22.6 Å². The van der Waals surface area contributed by atoms with Gasteiger partial charge in [-0.15, -0.1) is 0 Å². The molecular weight excluding hydrogens is 607 g/mol. The Morgan fingerprint density at radius 1 is 0.400 bits per heavy atom. The minimum Gasteiger partial charge on any atom is -0.374 e. The third-order valence-electron chi connectivity index (χ3n) is 10.1. The number of nitrogens with zero attached hydrogens (tertiary/aromatic N) is 2. The molecule has 0 aliphatic carbocycles. The number of para-hydroxylation sites is 4. The van der Waals surface area contributed by atoms with Gasteiger partial charge in [0.2, 0.25) is 0 Å². The highest BCUT2D eigenvalue weighted by molar-refractivity contribution is 6.10. The van der Waals surface area contributed by atoms with Gasteiger partial charge < -0.3 is 14.5 Å². The van der Waals surface area contributed by atoms with Crippen LogP contribution in [-0.2, 0) is 0 Å². The molecule has 3 heterocycles. The number of hydrogen-bond donors (Lipinski definition) is 1. The standard InChI is InChI=1S/C47H33N3/c1-3-15-32(16-4-1)42-29-35(30-43(48-42)33-17-5-2-6-18-33)34-27-36(49-44-23-11-7-19-38(44)39-20-8-12-24-45(39)49)31-37(28-34)50-46-25-13-9-21-40(46)41-22-10-14-26-47(41)50/h1-31,42,48H. The molecule has 0 saturated heterocycles. The van der Waals surface area contributed by atoms with Crippen LogP contribution in [-0.4, -0.2) is 9.13 Å². The van der Waals surface area contributed by atoms with Crippen LogP contribution in [0.3, 0.4) is 0 Å². The van der Waals surface area contributed by atoms with E-state index < -0.39 is 0 Å². The Balaban J connectivity index is 1.28. The zero-order valence-corrected chi connectivity index (χ0v) is 27.4. The van der Waals surface area contributed by atoms with Crippen molar-refractivity contribution < 1.29 is 0 Å². The Hall–Kier alpha value is -6.58. The first-order valence-electron chi connectivity index (χ1n) is 17.2. The number of nitrogens with one attached hydrogen (secondary N) is 1. The Labute approximate surface area is 290 Å². The number of fused-ring (bicyclic) bond motifs is 6. The molecular formula is C47H33N3. The van der Waals surface area contributed by atoms with Crippen LogP contribution in [0, 0.1) is 0 Å². The summed E-state index contributed by atoms with van der Waals surface area (Å²) in [6.07, 6.45) is 4.69. The van der Waals surface area contributed by atoms with E-state index in [2.05, 4.69) is 203 Å². The van der Waals surface area contributed by atoms with Gasteiger partial charge in [-0.1, -0.05) is 133 Å². The van der Waals surface area contributed by atoms with Crippen molar-refractivity contribution in [2.24, 2.45) is 0 Å². The van der Waals surface area contributed by atoms with Gasteiger partial charge >= 0.3 is 0 Å². The lowest BCUT2D eigenvalue weighted by Crippen LogP contribution is -2.21. The van der Waals surface area contributed by atoms with E-state index in [1.54, 1.807) is 0 Å². The summed E-state index contributed by atoms with van der Waals surface area (Å²) in [6.45, 7) is 0. The number of dihydropyridines is 1. The lowest BCUT2D eigenvalue weighted by molar-refractivity contribution is 0.766. The first kappa shape index (κ1) is 28.4. The van der Waals surface area contributed by atoms with E-state index in [-0.39, 0.29) is 6.04 Å². The molecule has 1 N–H and O–H groups in total. The maximum absolute atomic E-state index is 3.84. The minimum absolute atomic E-state index is 0.0139.